The zero-order chi connectivity index (χ0) is 37.7. The van der Waals surface area contributed by atoms with E-state index < -0.39 is 104 Å². The average Bonchev–Trinajstić information content (AvgIpc) is 2.98. The summed E-state index contributed by atoms with van der Waals surface area (Å²) in [5.74, 6) is -11.8. The summed E-state index contributed by atoms with van der Waals surface area (Å²) in [6.07, 6.45) is -0.0465. The van der Waals surface area contributed by atoms with E-state index in [4.69, 9.17) is 25.4 Å². The fraction of sp³-hybridized carbons (Fsp3) is 0.824. The highest BCUT2D eigenvalue weighted by atomic mass is 16.6. The second-order valence-electron chi connectivity index (χ2n) is 13.4. The van der Waals surface area contributed by atoms with E-state index in [2.05, 4.69) is 0 Å². The Bertz CT molecular complexity index is 1030. The molecule has 0 aromatic rings. The first-order valence-electron chi connectivity index (χ1n) is 17.3. The van der Waals surface area contributed by atoms with Crippen LogP contribution < -0.4 is 5.73 Å². The lowest BCUT2D eigenvalue weighted by Crippen LogP contribution is -2.42. The maximum absolute atomic E-state index is 13.0. The molecule has 49 heavy (non-hydrogen) atoms. The molecule has 15 nitrogen and oxygen atoms in total. The Kier molecular flexibility index (Phi) is 23.1. The maximum atomic E-state index is 13.0. The summed E-state index contributed by atoms with van der Waals surface area (Å²) in [6.45, 7) is 7.23. The number of hydrogen-bond acceptors (Lipinski definition) is 11. The maximum Gasteiger partial charge on any atom is 0.307 e. The molecule has 0 unspecified atom stereocenters. The van der Waals surface area contributed by atoms with Crippen LogP contribution >= 0.6 is 0 Å². The van der Waals surface area contributed by atoms with Gasteiger partial charge in [0.2, 0.25) is 0 Å². The summed E-state index contributed by atoms with van der Waals surface area (Å²) < 4.78 is 11.4. The van der Waals surface area contributed by atoms with Gasteiger partial charge in [0.1, 0.15) is 12.2 Å². The molecule has 0 rings (SSSR count). The number of nitrogens with two attached hydrogens (primary N) is 1. The number of carbonyl (C=O) groups is 6. The fourth-order valence-electron chi connectivity index (χ4n) is 5.66. The first-order chi connectivity index (χ1) is 22.9. The molecule has 15 heteroatoms. The van der Waals surface area contributed by atoms with Crippen molar-refractivity contribution >= 4 is 35.8 Å². The fourth-order valence-corrected chi connectivity index (χ4v) is 5.66. The lowest BCUT2D eigenvalue weighted by atomic mass is 9.87. The number of ether oxygens (including phenoxy) is 2. The molecule has 0 aliphatic heterocycles. The van der Waals surface area contributed by atoms with Crippen molar-refractivity contribution in [1.82, 2.24) is 0 Å². The molecule has 0 aliphatic rings. The zero-order valence-electron chi connectivity index (χ0n) is 29.3. The van der Waals surface area contributed by atoms with E-state index in [1.165, 1.54) is 0 Å². The van der Waals surface area contributed by atoms with Crippen molar-refractivity contribution in [2.45, 2.75) is 154 Å². The highest BCUT2D eigenvalue weighted by Gasteiger charge is 2.37. The minimum atomic E-state index is -1.57. The summed E-state index contributed by atoms with van der Waals surface area (Å²) in [6, 6.07) is -0.300. The molecule has 8 N–H and O–H groups in total. The lowest BCUT2D eigenvalue weighted by molar-refractivity contribution is -0.177. The molecule has 0 spiro atoms. The van der Waals surface area contributed by atoms with Gasteiger partial charge < -0.3 is 45.8 Å². The number of aliphatic carboxylic acids is 4. The standard InChI is InChI=1S/C34H59NO14/c1-5-6-11-21(3)32(49-31(43)19-24(34(46)47)17-29(40)41)27(48-30(42)18-23(33(44)45)16-28(38)39)15-20(2)14-25(36)12-9-7-8-10-13-26(37)22(4)35/h20-27,32,36-37H,5-19,35H2,1-4H3,(H,38,39)(H,40,41)(H,44,45)(H,46,47)/t20-,21+,22+,23-,24+,25-,26+,27+,32+/m1/s1. The van der Waals surface area contributed by atoms with E-state index in [0.717, 1.165) is 32.1 Å². The second-order valence-corrected chi connectivity index (χ2v) is 13.4. The third kappa shape index (κ3) is 21.4. The van der Waals surface area contributed by atoms with Crippen LogP contribution in [0, 0.1) is 23.7 Å². The van der Waals surface area contributed by atoms with Gasteiger partial charge in [-0.3, -0.25) is 28.8 Å². The second kappa shape index (κ2) is 24.8. The molecule has 0 saturated heterocycles. The predicted molar refractivity (Wildman–Crippen MR) is 176 cm³/mol. The molecule has 9 atom stereocenters. The normalized spacial score (nSPS) is 17.0. The number of aliphatic hydroxyl groups excluding tert-OH is 2. The Balaban J connectivity index is 5.94. The Morgan fingerprint density at radius 2 is 1.12 bits per heavy atom. The van der Waals surface area contributed by atoms with Gasteiger partial charge in [0.05, 0.1) is 49.7 Å². The molecule has 0 radical (unpaired) electrons. The van der Waals surface area contributed by atoms with Crippen LogP contribution in [0.1, 0.15) is 124 Å². The van der Waals surface area contributed by atoms with Crippen molar-refractivity contribution in [2.75, 3.05) is 0 Å². The molecule has 0 aromatic carbocycles. The number of carbonyl (C=O) groups excluding carboxylic acids is 2. The SMILES string of the molecule is CCCC[C@H](C)[C@H](OC(=O)C[C@H](CC(=O)O)C(=O)O)[C@H](C[C@H](C)C[C@H](O)CCCCCC[C@H](O)[C@H](C)N)OC(=O)C[C@@H](CC(=O)O)C(=O)O. The molecular formula is C34H59NO14. The van der Waals surface area contributed by atoms with Crippen LogP contribution in [0.2, 0.25) is 0 Å². The Morgan fingerprint density at radius 1 is 0.633 bits per heavy atom. The van der Waals surface area contributed by atoms with Gasteiger partial charge in [-0.2, -0.15) is 0 Å². The third-order valence-electron chi connectivity index (χ3n) is 8.56. The first kappa shape index (κ1) is 45.7. The van der Waals surface area contributed by atoms with Crippen LogP contribution in [0.5, 0.6) is 0 Å². The van der Waals surface area contributed by atoms with E-state index in [-0.39, 0.29) is 24.8 Å². The van der Waals surface area contributed by atoms with Gasteiger partial charge >= 0.3 is 35.8 Å². The number of rotatable bonds is 29. The highest BCUT2D eigenvalue weighted by Crippen LogP contribution is 2.29. The predicted octanol–water partition coefficient (Wildman–Crippen LogP) is 3.59. The highest BCUT2D eigenvalue weighted by molar-refractivity contribution is 5.83. The molecule has 0 heterocycles. The third-order valence-corrected chi connectivity index (χ3v) is 8.56. The Hall–Kier alpha value is -3.30. The topological polar surface area (TPSA) is 268 Å². The molecule has 0 saturated carbocycles. The van der Waals surface area contributed by atoms with Crippen LogP contribution in [0.15, 0.2) is 0 Å². The summed E-state index contributed by atoms with van der Waals surface area (Å²) in [7, 11) is 0. The Morgan fingerprint density at radius 3 is 1.57 bits per heavy atom. The van der Waals surface area contributed by atoms with Crippen molar-refractivity contribution in [1.29, 1.82) is 0 Å². The van der Waals surface area contributed by atoms with Crippen molar-refractivity contribution in [3.05, 3.63) is 0 Å². The van der Waals surface area contributed by atoms with Gasteiger partial charge in [-0.15, -0.1) is 0 Å². The van der Waals surface area contributed by atoms with Gasteiger partial charge in [0.25, 0.3) is 0 Å². The minimum absolute atomic E-state index is 0.0700. The van der Waals surface area contributed by atoms with Crippen LogP contribution in [0.25, 0.3) is 0 Å². The summed E-state index contributed by atoms with van der Waals surface area (Å²) in [4.78, 5) is 71.6. The van der Waals surface area contributed by atoms with E-state index in [1.807, 2.05) is 6.92 Å². The quantitative estimate of drug-likeness (QED) is 0.0433. The van der Waals surface area contributed by atoms with Gasteiger partial charge in [-0.25, -0.2) is 0 Å². The molecule has 0 bridgehead atoms. The molecule has 0 fully saturated rings. The molecule has 284 valence electrons. The molecular weight excluding hydrogens is 646 g/mol. The number of carboxylic acid groups (broad SMARTS) is 4. The van der Waals surface area contributed by atoms with Gasteiger partial charge in [-0.1, -0.05) is 59.3 Å². The van der Waals surface area contributed by atoms with Gasteiger partial charge in [-0.05, 0) is 50.9 Å². The number of esters is 2. The lowest BCUT2D eigenvalue weighted by Gasteiger charge is -2.33. The number of carboxylic acids is 4. The number of unbranched alkanes of at least 4 members (excludes halogenated alkanes) is 4. The van der Waals surface area contributed by atoms with E-state index >= 15 is 0 Å². The Labute approximate surface area is 288 Å². The first-order valence-corrected chi connectivity index (χ1v) is 17.3. The summed E-state index contributed by atoms with van der Waals surface area (Å²) in [5, 5.41) is 57.6. The van der Waals surface area contributed by atoms with Gasteiger partial charge in [0, 0.05) is 6.04 Å². The largest absolute Gasteiger partial charge is 0.481 e. The van der Waals surface area contributed by atoms with Crippen molar-refractivity contribution < 1.29 is 68.9 Å². The molecule has 0 aliphatic carbocycles. The van der Waals surface area contributed by atoms with Gasteiger partial charge in [0.15, 0.2) is 0 Å². The van der Waals surface area contributed by atoms with E-state index in [1.54, 1.807) is 20.8 Å². The minimum Gasteiger partial charge on any atom is -0.481 e. The van der Waals surface area contributed by atoms with Crippen molar-refractivity contribution in [3.8, 4) is 0 Å². The van der Waals surface area contributed by atoms with Crippen LogP contribution in [0.4, 0.5) is 0 Å². The molecule has 0 aromatic heterocycles. The van der Waals surface area contributed by atoms with E-state index in [9.17, 15) is 49.2 Å². The average molecular weight is 706 g/mol. The van der Waals surface area contributed by atoms with Crippen LogP contribution in [-0.4, -0.2) is 96.9 Å². The molecule has 0 amide bonds. The summed E-state index contributed by atoms with van der Waals surface area (Å²) >= 11 is 0. The smallest absolute Gasteiger partial charge is 0.307 e. The van der Waals surface area contributed by atoms with Crippen LogP contribution in [-0.2, 0) is 38.2 Å². The zero-order valence-corrected chi connectivity index (χ0v) is 29.3. The monoisotopic (exact) mass is 705 g/mol. The number of hydrogen-bond donors (Lipinski definition) is 7. The van der Waals surface area contributed by atoms with E-state index in [0.29, 0.717) is 25.7 Å². The van der Waals surface area contributed by atoms with Crippen molar-refractivity contribution in [3.63, 3.8) is 0 Å². The summed E-state index contributed by atoms with van der Waals surface area (Å²) in [5.41, 5.74) is 5.68. The van der Waals surface area contributed by atoms with Crippen molar-refractivity contribution in [2.24, 2.45) is 29.4 Å². The number of aliphatic hydroxyl groups is 2. The van der Waals surface area contributed by atoms with Crippen LogP contribution in [0.3, 0.4) is 0 Å².